The zero-order chi connectivity index (χ0) is 20.9. The van der Waals surface area contributed by atoms with Crippen molar-refractivity contribution in [3.8, 4) is 0 Å². The van der Waals surface area contributed by atoms with E-state index in [4.69, 9.17) is 0 Å². The first-order valence-electron chi connectivity index (χ1n) is 9.27. The Kier molecular flexibility index (Phi) is 5.99. The molecule has 0 saturated heterocycles. The van der Waals surface area contributed by atoms with E-state index >= 15 is 0 Å². The van der Waals surface area contributed by atoms with E-state index in [1.807, 2.05) is 43.3 Å². The van der Waals surface area contributed by atoms with Crippen LogP contribution in [-0.4, -0.2) is 14.6 Å². The highest BCUT2D eigenvalue weighted by Crippen LogP contribution is 2.30. The minimum absolute atomic E-state index is 0.166. The van der Waals surface area contributed by atoms with Crippen molar-refractivity contribution in [1.29, 1.82) is 0 Å². The molecule has 0 aliphatic rings. The molecular formula is C24H24N2O2S. The van der Waals surface area contributed by atoms with Gasteiger partial charge in [0, 0.05) is 6.21 Å². The molecule has 0 fully saturated rings. The Labute approximate surface area is 172 Å². The Bertz CT molecular complexity index is 1160. The summed E-state index contributed by atoms with van der Waals surface area (Å²) < 4.78 is 25.0. The number of aryl methyl sites for hydroxylation is 1. The first-order valence-corrected chi connectivity index (χ1v) is 10.7. The van der Waals surface area contributed by atoms with Crippen molar-refractivity contribution >= 4 is 27.0 Å². The van der Waals surface area contributed by atoms with Gasteiger partial charge < -0.3 is 0 Å². The summed E-state index contributed by atoms with van der Waals surface area (Å²) in [6, 6.07) is 20.8. The van der Waals surface area contributed by atoms with Gasteiger partial charge in [0.1, 0.15) is 0 Å². The van der Waals surface area contributed by atoms with Crippen LogP contribution >= 0.6 is 0 Å². The zero-order valence-corrected chi connectivity index (χ0v) is 17.2. The monoisotopic (exact) mass is 404 g/mol. The fourth-order valence-electron chi connectivity index (χ4n) is 3.20. The predicted octanol–water partition coefficient (Wildman–Crippen LogP) is 5.11. The Balaban J connectivity index is 1.94. The van der Waals surface area contributed by atoms with E-state index in [2.05, 4.69) is 29.2 Å². The number of hydrogen-bond donors (Lipinski definition) is 1. The normalized spacial score (nSPS) is 13.8. The van der Waals surface area contributed by atoms with Crippen molar-refractivity contribution < 1.29 is 8.42 Å². The molecule has 3 aromatic carbocycles. The fourth-order valence-corrected chi connectivity index (χ4v) is 3.99. The Morgan fingerprint density at radius 2 is 1.69 bits per heavy atom. The van der Waals surface area contributed by atoms with Gasteiger partial charge in [-0.15, -0.1) is 13.2 Å². The van der Waals surface area contributed by atoms with Crippen LogP contribution in [0.1, 0.15) is 17.5 Å². The van der Waals surface area contributed by atoms with Crippen molar-refractivity contribution in [3.63, 3.8) is 0 Å². The molecule has 0 heterocycles. The van der Waals surface area contributed by atoms with Gasteiger partial charge in [0.25, 0.3) is 10.0 Å². The summed E-state index contributed by atoms with van der Waals surface area (Å²) in [5.74, 6) is 0. The first kappa shape index (κ1) is 20.6. The Morgan fingerprint density at radius 3 is 2.34 bits per heavy atom. The van der Waals surface area contributed by atoms with Crippen molar-refractivity contribution in [2.45, 2.75) is 23.7 Å². The molecule has 1 atom stereocenters. The van der Waals surface area contributed by atoms with E-state index in [0.717, 1.165) is 21.9 Å². The molecule has 3 aromatic rings. The first-order chi connectivity index (χ1) is 13.9. The lowest BCUT2D eigenvalue weighted by molar-refractivity contribution is 0.584. The predicted molar refractivity (Wildman–Crippen MR) is 121 cm³/mol. The van der Waals surface area contributed by atoms with Crippen molar-refractivity contribution in [2.75, 3.05) is 0 Å². The molecule has 5 heteroatoms. The van der Waals surface area contributed by atoms with Crippen LogP contribution in [0.3, 0.4) is 0 Å². The fraction of sp³-hybridized carbons (Fsp3) is 0.125. The summed E-state index contributed by atoms with van der Waals surface area (Å²) in [6.45, 7) is 9.72. The molecule has 0 aliphatic carbocycles. The van der Waals surface area contributed by atoms with Crippen molar-refractivity contribution in [1.82, 2.24) is 4.83 Å². The van der Waals surface area contributed by atoms with Gasteiger partial charge >= 0.3 is 0 Å². The molecule has 0 radical (unpaired) electrons. The van der Waals surface area contributed by atoms with Crippen LogP contribution < -0.4 is 4.83 Å². The van der Waals surface area contributed by atoms with Crippen LogP contribution in [-0.2, 0) is 15.4 Å². The molecule has 148 valence electrons. The lowest BCUT2D eigenvalue weighted by atomic mass is 9.78. The second-order valence-corrected chi connectivity index (χ2v) is 8.63. The average Bonchev–Trinajstić information content (AvgIpc) is 2.73. The third-order valence-corrected chi connectivity index (χ3v) is 6.17. The number of allylic oxidation sites excluding steroid dienone is 2. The second-order valence-electron chi connectivity index (χ2n) is 6.97. The number of hydrogen-bond acceptors (Lipinski definition) is 3. The number of rotatable bonds is 8. The van der Waals surface area contributed by atoms with E-state index in [0.29, 0.717) is 6.42 Å². The SMILES string of the molecule is C=CC[C@@](C=C)(/C=N/NS(=O)(=O)c1ccc(C)cc1)c1ccc2ccccc2c1. The maximum Gasteiger partial charge on any atom is 0.276 e. The smallest absolute Gasteiger partial charge is 0.200 e. The molecular weight excluding hydrogens is 380 g/mol. The minimum Gasteiger partial charge on any atom is -0.200 e. The number of nitrogens with one attached hydrogen (secondary N) is 1. The average molecular weight is 405 g/mol. The van der Waals surface area contributed by atoms with Gasteiger partial charge in [-0.2, -0.15) is 13.5 Å². The second kappa shape index (κ2) is 8.45. The molecule has 0 bridgehead atoms. The summed E-state index contributed by atoms with van der Waals surface area (Å²) >= 11 is 0. The van der Waals surface area contributed by atoms with Crippen LogP contribution in [0, 0.1) is 6.92 Å². The van der Waals surface area contributed by atoms with Gasteiger partial charge in [-0.25, -0.2) is 4.83 Å². The summed E-state index contributed by atoms with van der Waals surface area (Å²) in [5.41, 5.74) is 1.27. The van der Waals surface area contributed by atoms with E-state index < -0.39 is 15.4 Å². The number of fused-ring (bicyclic) bond motifs is 1. The zero-order valence-electron chi connectivity index (χ0n) is 16.4. The minimum atomic E-state index is -3.75. The quantitative estimate of drug-likeness (QED) is 0.322. The van der Waals surface area contributed by atoms with E-state index in [-0.39, 0.29) is 4.90 Å². The summed E-state index contributed by atoms with van der Waals surface area (Å²) in [7, 11) is -3.75. The number of sulfonamides is 1. The van der Waals surface area contributed by atoms with Crippen LogP contribution in [0.5, 0.6) is 0 Å². The Hall–Kier alpha value is -3.18. The summed E-state index contributed by atoms with van der Waals surface area (Å²) in [6.07, 6.45) is 5.65. The lowest BCUT2D eigenvalue weighted by Crippen LogP contribution is -2.27. The van der Waals surface area contributed by atoms with Crippen LogP contribution in [0.2, 0.25) is 0 Å². The lowest BCUT2D eigenvalue weighted by Gasteiger charge is -2.26. The molecule has 0 aliphatic heterocycles. The molecule has 1 N–H and O–H groups in total. The van der Waals surface area contributed by atoms with Crippen LogP contribution in [0.25, 0.3) is 10.8 Å². The van der Waals surface area contributed by atoms with Gasteiger partial charge in [-0.1, -0.05) is 66.2 Å². The largest absolute Gasteiger partial charge is 0.276 e. The maximum absolute atomic E-state index is 12.5. The molecule has 0 amide bonds. The molecule has 0 saturated carbocycles. The van der Waals surface area contributed by atoms with Gasteiger partial charge in [0.2, 0.25) is 0 Å². The maximum atomic E-state index is 12.5. The summed E-state index contributed by atoms with van der Waals surface area (Å²) in [4.78, 5) is 2.47. The van der Waals surface area contributed by atoms with E-state index in [9.17, 15) is 8.42 Å². The molecule has 4 nitrogen and oxygen atoms in total. The van der Waals surface area contributed by atoms with Gasteiger partial charge in [0.15, 0.2) is 0 Å². The summed E-state index contributed by atoms with van der Waals surface area (Å²) in [5, 5.41) is 6.30. The molecule has 3 rings (SSSR count). The van der Waals surface area contributed by atoms with Gasteiger partial charge in [-0.05, 0) is 47.9 Å². The highest BCUT2D eigenvalue weighted by Gasteiger charge is 2.26. The standard InChI is InChI=1S/C24H24N2O2S/c1-4-16-24(5-2,22-13-12-20-8-6-7-9-21(20)17-22)18-25-26-29(27,28)23-14-10-19(3)11-15-23/h4-15,17-18,26H,1-2,16H2,3H3/b25-18+/t24-/m0/s1. The van der Waals surface area contributed by atoms with Crippen molar-refractivity contribution in [2.24, 2.45) is 5.10 Å². The topological polar surface area (TPSA) is 58.5 Å². The van der Waals surface area contributed by atoms with E-state index in [1.54, 1.807) is 42.6 Å². The molecule has 0 aromatic heterocycles. The highest BCUT2D eigenvalue weighted by atomic mass is 32.2. The van der Waals surface area contributed by atoms with E-state index in [1.165, 1.54) is 0 Å². The molecule has 0 unspecified atom stereocenters. The highest BCUT2D eigenvalue weighted by molar-refractivity contribution is 7.89. The third-order valence-electron chi connectivity index (χ3n) is 4.93. The molecule has 0 spiro atoms. The van der Waals surface area contributed by atoms with Crippen LogP contribution in [0.15, 0.2) is 102 Å². The van der Waals surface area contributed by atoms with Crippen LogP contribution in [0.4, 0.5) is 0 Å². The van der Waals surface area contributed by atoms with Crippen molar-refractivity contribution in [3.05, 3.63) is 103 Å². The number of hydrazone groups is 1. The molecule has 29 heavy (non-hydrogen) atoms. The van der Waals surface area contributed by atoms with Gasteiger partial charge in [0.05, 0.1) is 10.3 Å². The van der Waals surface area contributed by atoms with Gasteiger partial charge in [-0.3, -0.25) is 0 Å². The third kappa shape index (κ3) is 4.46. The Morgan fingerprint density at radius 1 is 1.00 bits per heavy atom. The number of benzene rings is 3. The number of nitrogens with zero attached hydrogens (tertiary/aromatic N) is 1.